The Balaban J connectivity index is 1.67. The van der Waals surface area contributed by atoms with E-state index in [1.165, 1.54) is 6.07 Å². The summed E-state index contributed by atoms with van der Waals surface area (Å²) in [7, 11) is 0. The van der Waals surface area contributed by atoms with Crippen molar-refractivity contribution in [1.82, 2.24) is 9.88 Å². The van der Waals surface area contributed by atoms with Gasteiger partial charge in [-0.05, 0) is 38.8 Å². The number of nitrogens with zero attached hydrogens (tertiary/aromatic N) is 3. The van der Waals surface area contributed by atoms with Gasteiger partial charge in [-0.25, -0.2) is 4.98 Å². The zero-order valence-corrected chi connectivity index (χ0v) is 14.5. The van der Waals surface area contributed by atoms with Crippen LogP contribution in [0.25, 0.3) is 0 Å². The molecule has 6 nitrogen and oxygen atoms in total. The molecule has 7 heteroatoms. The minimum atomic E-state index is -0.426. The summed E-state index contributed by atoms with van der Waals surface area (Å²) in [6, 6.07) is 4.56. The number of carbonyl (C=O) groups excluding carboxylic acids is 1. The van der Waals surface area contributed by atoms with Gasteiger partial charge in [-0.2, -0.15) is 0 Å². The summed E-state index contributed by atoms with van der Waals surface area (Å²) in [4.78, 5) is 29.5. The van der Waals surface area contributed by atoms with Crippen molar-refractivity contribution in [3.63, 3.8) is 0 Å². The first kappa shape index (κ1) is 16.6. The molecule has 3 rings (SSSR count). The van der Waals surface area contributed by atoms with Crippen LogP contribution in [-0.4, -0.2) is 33.8 Å². The first-order valence-electron chi connectivity index (χ1n) is 7.92. The second-order valence-electron chi connectivity index (χ2n) is 6.15. The Labute approximate surface area is 144 Å². The Morgan fingerprint density at radius 1 is 1.33 bits per heavy atom. The van der Waals surface area contributed by atoms with Crippen molar-refractivity contribution in [3.8, 4) is 0 Å². The summed E-state index contributed by atoms with van der Waals surface area (Å²) in [6.07, 6.45) is 1.81. The normalized spacial score (nSPS) is 15.5. The fourth-order valence-corrected chi connectivity index (χ4v) is 4.03. The molecular formula is C17H19N3O3S. The molecule has 1 aliphatic rings. The van der Waals surface area contributed by atoms with E-state index in [9.17, 15) is 14.9 Å². The van der Waals surface area contributed by atoms with Gasteiger partial charge in [0, 0.05) is 47.3 Å². The Hall–Kier alpha value is -2.28. The minimum absolute atomic E-state index is 0.0457. The van der Waals surface area contributed by atoms with E-state index in [-0.39, 0.29) is 11.6 Å². The third kappa shape index (κ3) is 3.31. The fourth-order valence-electron chi connectivity index (χ4n) is 3.07. The number of hydrogen-bond donors (Lipinski definition) is 0. The van der Waals surface area contributed by atoms with E-state index in [0.29, 0.717) is 30.1 Å². The third-order valence-electron chi connectivity index (χ3n) is 4.41. The lowest BCUT2D eigenvalue weighted by molar-refractivity contribution is -0.385. The molecule has 1 saturated heterocycles. The van der Waals surface area contributed by atoms with Crippen molar-refractivity contribution in [1.29, 1.82) is 0 Å². The van der Waals surface area contributed by atoms with Crippen LogP contribution in [0.3, 0.4) is 0 Å². The highest BCUT2D eigenvalue weighted by Crippen LogP contribution is 2.31. The van der Waals surface area contributed by atoms with E-state index in [1.54, 1.807) is 30.4 Å². The molecule has 2 aromatic rings. The predicted octanol–water partition coefficient (Wildman–Crippen LogP) is 3.69. The number of thiazole rings is 1. The van der Waals surface area contributed by atoms with Crippen molar-refractivity contribution in [2.24, 2.45) is 0 Å². The quantitative estimate of drug-likeness (QED) is 0.628. The van der Waals surface area contributed by atoms with Crippen molar-refractivity contribution >= 4 is 22.9 Å². The van der Waals surface area contributed by atoms with Gasteiger partial charge >= 0.3 is 0 Å². The van der Waals surface area contributed by atoms with Crippen molar-refractivity contribution in [2.45, 2.75) is 32.6 Å². The molecule has 0 bridgehead atoms. The van der Waals surface area contributed by atoms with Crippen LogP contribution in [0.15, 0.2) is 23.6 Å². The zero-order chi connectivity index (χ0) is 17.3. The fraction of sp³-hybridized carbons (Fsp3) is 0.412. The van der Waals surface area contributed by atoms with Crippen LogP contribution < -0.4 is 0 Å². The first-order valence-corrected chi connectivity index (χ1v) is 8.80. The van der Waals surface area contributed by atoms with Gasteiger partial charge in [0.2, 0.25) is 0 Å². The minimum Gasteiger partial charge on any atom is -0.339 e. The summed E-state index contributed by atoms with van der Waals surface area (Å²) in [5.41, 5.74) is 2.12. The Kier molecular flexibility index (Phi) is 4.62. The van der Waals surface area contributed by atoms with E-state index in [4.69, 9.17) is 0 Å². The maximum Gasteiger partial charge on any atom is 0.272 e. The number of benzene rings is 1. The lowest BCUT2D eigenvalue weighted by Gasteiger charge is -2.31. The maximum atomic E-state index is 12.6. The monoisotopic (exact) mass is 345 g/mol. The molecule has 0 unspecified atom stereocenters. The molecule has 0 radical (unpaired) electrons. The smallest absolute Gasteiger partial charge is 0.272 e. The number of piperidine rings is 1. The number of aryl methyl sites for hydroxylation is 2. The standard InChI is InChI=1S/C17H19N3O3S/c1-11-9-14(3-4-15(11)20(22)23)17(21)19-7-5-13(6-8-19)16-18-12(2)10-24-16/h3-4,9-10,13H,5-8H2,1-2H3. The highest BCUT2D eigenvalue weighted by molar-refractivity contribution is 7.09. The van der Waals surface area contributed by atoms with E-state index >= 15 is 0 Å². The Morgan fingerprint density at radius 3 is 2.58 bits per heavy atom. The molecule has 0 atom stereocenters. The number of amides is 1. The molecule has 1 aromatic heterocycles. The first-order chi connectivity index (χ1) is 11.5. The maximum absolute atomic E-state index is 12.6. The number of carbonyl (C=O) groups is 1. The van der Waals surface area contributed by atoms with Gasteiger partial charge in [0.05, 0.1) is 9.93 Å². The molecule has 1 amide bonds. The second kappa shape index (κ2) is 6.68. The lowest BCUT2D eigenvalue weighted by atomic mass is 9.96. The molecule has 0 spiro atoms. The summed E-state index contributed by atoms with van der Waals surface area (Å²) >= 11 is 1.69. The topological polar surface area (TPSA) is 76.3 Å². The number of likely N-dealkylation sites (tertiary alicyclic amines) is 1. The molecule has 0 N–H and O–H groups in total. The molecule has 126 valence electrons. The van der Waals surface area contributed by atoms with E-state index in [0.717, 1.165) is 23.5 Å². The van der Waals surface area contributed by atoms with Gasteiger partial charge in [-0.1, -0.05) is 0 Å². The van der Waals surface area contributed by atoms with Gasteiger partial charge < -0.3 is 4.90 Å². The summed E-state index contributed by atoms with van der Waals surface area (Å²) < 4.78 is 0. The van der Waals surface area contributed by atoms with Crippen LogP contribution >= 0.6 is 11.3 Å². The molecule has 0 aliphatic carbocycles. The Bertz CT molecular complexity index is 779. The van der Waals surface area contributed by atoms with Crippen LogP contribution in [0.5, 0.6) is 0 Å². The molecule has 1 fully saturated rings. The number of rotatable bonds is 3. The molecule has 1 aromatic carbocycles. The third-order valence-corrected chi connectivity index (χ3v) is 5.53. The van der Waals surface area contributed by atoms with Gasteiger partial charge in [-0.3, -0.25) is 14.9 Å². The van der Waals surface area contributed by atoms with E-state index in [2.05, 4.69) is 10.4 Å². The van der Waals surface area contributed by atoms with Gasteiger partial charge in [0.25, 0.3) is 11.6 Å². The molecular weight excluding hydrogens is 326 g/mol. The molecule has 1 aliphatic heterocycles. The number of hydrogen-bond acceptors (Lipinski definition) is 5. The van der Waals surface area contributed by atoms with Crippen LogP contribution in [0.4, 0.5) is 5.69 Å². The van der Waals surface area contributed by atoms with Gasteiger partial charge in [0.15, 0.2) is 0 Å². The average molecular weight is 345 g/mol. The summed E-state index contributed by atoms with van der Waals surface area (Å²) in [5.74, 6) is 0.369. The van der Waals surface area contributed by atoms with Crippen molar-refractivity contribution in [2.75, 3.05) is 13.1 Å². The summed E-state index contributed by atoms with van der Waals surface area (Å²) in [6.45, 7) is 5.04. The SMILES string of the molecule is Cc1csc(C2CCN(C(=O)c3ccc([N+](=O)[O-])c(C)c3)CC2)n1. The molecule has 2 heterocycles. The average Bonchev–Trinajstić information content (AvgIpc) is 3.00. The largest absolute Gasteiger partial charge is 0.339 e. The van der Waals surface area contributed by atoms with E-state index in [1.807, 2.05) is 11.8 Å². The van der Waals surface area contributed by atoms with Crippen LogP contribution in [-0.2, 0) is 0 Å². The number of aromatic nitrogens is 1. The second-order valence-corrected chi connectivity index (χ2v) is 7.04. The van der Waals surface area contributed by atoms with Crippen molar-refractivity contribution in [3.05, 3.63) is 55.5 Å². The highest BCUT2D eigenvalue weighted by atomic mass is 32.1. The van der Waals surface area contributed by atoms with E-state index < -0.39 is 4.92 Å². The van der Waals surface area contributed by atoms with Gasteiger partial charge in [-0.15, -0.1) is 11.3 Å². The predicted molar refractivity (Wildman–Crippen MR) is 92.6 cm³/mol. The van der Waals surface area contributed by atoms with Crippen molar-refractivity contribution < 1.29 is 9.72 Å². The number of nitro benzene ring substituents is 1. The Morgan fingerprint density at radius 2 is 2.04 bits per heavy atom. The van der Waals surface area contributed by atoms with Crippen LogP contribution in [0, 0.1) is 24.0 Å². The van der Waals surface area contributed by atoms with Gasteiger partial charge in [0.1, 0.15) is 0 Å². The number of nitro groups is 1. The molecule has 24 heavy (non-hydrogen) atoms. The lowest BCUT2D eigenvalue weighted by Crippen LogP contribution is -2.37. The zero-order valence-electron chi connectivity index (χ0n) is 13.7. The summed E-state index contributed by atoms with van der Waals surface area (Å²) in [5, 5.41) is 14.1. The molecule has 0 saturated carbocycles. The van der Waals surface area contributed by atoms with Crippen LogP contribution in [0.2, 0.25) is 0 Å². The van der Waals surface area contributed by atoms with Crippen LogP contribution in [0.1, 0.15) is 45.4 Å². The highest BCUT2D eigenvalue weighted by Gasteiger charge is 2.26.